The molecule has 3 unspecified atom stereocenters. The van der Waals surface area contributed by atoms with E-state index in [0.29, 0.717) is 18.0 Å². The van der Waals surface area contributed by atoms with Gasteiger partial charge in [-0.15, -0.1) is 0 Å². The summed E-state index contributed by atoms with van der Waals surface area (Å²) in [5.74, 6) is 1.87. The fourth-order valence-corrected chi connectivity index (χ4v) is 6.62. The zero-order chi connectivity index (χ0) is 26.8. The quantitative estimate of drug-likeness (QED) is 0.239. The minimum Gasteiger partial charge on any atom is -0.497 e. The Morgan fingerprint density at radius 3 is 2.46 bits per heavy atom. The van der Waals surface area contributed by atoms with Crippen LogP contribution in [0.2, 0.25) is 0 Å². The Hall–Kier alpha value is -4.23. The van der Waals surface area contributed by atoms with Crippen LogP contribution in [0.5, 0.6) is 11.5 Å². The van der Waals surface area contributed by atoms with Gasteiger partial charge in [-0.3, -0.25) is 4.72 Å². The Labute approximate surface area is 229 Å². The largest absolute Gasteiger partial charge is 0.497 e. The molecule has 6 rings (SSSR count). The highest BCUT2D eigenvalue weighted by Gasteiger charge is 2.39. The molecule has 1 aliphatic heterocycles. The second-order valence-electron chi connectivity index (χ2n) is 9.87. The Bertz CT molecular complexity index is 1600. The summed E-state index contributed by atoms with van der Waals surface area (Å²) in [5.41, 5.74) is 4.64. The Balaban J connectivity index is 1.27. The Morgan fingerprint density at radius 2 is 1.67 bits per heavy atom. The number of para-hydroxylation sites is 1. The van der Waals surface area contributed by atoms with Crippen molar-refractivity contribution in [2.45, 2.75) is 29.9 Å². The van der Waals surface area contributed by atoms with E-state index in [1.165, 1.54) is 0 Å². The predicted octanol–water partition coefficient (Wildman–Crippen LogP) is 6.90. The van der Waals surface area contributed by atoms with E-state index in [1.54, 1.807) is 43.5 Å². The lowest BCUT2D eigenvalue weighted by atomic mass is 9.77. The summed E-state index contributed by atoms with van der Waals surface area (Å²) >= 11 is 0. The monoisotopic (exact) mass is 538 g/mol. The molecule has 0 aromatic heterocycles. The van der Waals surface area contributed by atoms with E-state index in [-0.39, 0.29) is 22.8 Å². The van der Waals surface area contributed by atoms with Gasteiger partial charge in [0.1, 0.15) is 18.1 Å². The van der Waals surface area contributed by atoms with Crippen molar-refractivity contribution in [1.82, 2.24) is 0 Å². The summed E-state index contributed by atoms with van der Waals surface area (Å²) in [5, 5.41) is 3.72. The molecule has 39 heavy (non-hydrogen) atoms. The minimum absolute atomic E-state index is 0.0318. The van der Waals surface area contributed by atoms with E-state index in [9.17, 15) is 8.42 Å². The molecule has 0 saturated heterocycles. The third kappa shape index (κ3) is 5.10. The number of hydrogen-bond donors (Lipinski definition) is 2. The van der Waals surface area contributed by atoms with Crippen LogP contribution in [0.15, 0.2) is 114 Å². The highest BCUT2D eigenvalue weighted by molar-refractivity contribution is 7.92. The van der Waals surface area contributed by atoms with Crippen LogP contribution in [0, 0.1) is 5.92 Å². The van der Waals surface area contributed by atoms with Crippen molar-refractivity contribution in [1.29, 1.82) is 0 Å². The first-order chi connectivity index (χ1) is 19.0. The number of hydrogen-bond acceptors (Lipinski definition) is 5. The van der Waals surface area contributed by atoms with E-state index in [1.807, 2.05) is 42.5 Å². The van der Waals surface area contributed by atoms with Gasteiger partial charge >= 0.3 is 0 Å². The van der Waals surface area contributed by atoms with Crippen LogP contribution in [0.1, 0.15) is 35.1 Å². The highest BCUT2D eigenvalue weighted by Crippen LogP contribution is 2.51. The lowest BCUT2D eigenvalue weighted by Gasteiger charge is -2.38. The van der Waals surface area contributed by atoms with E-state index in [0.717, 1.165) is 34.5 Å². The first kappa shape index (κ1) is 25.1. The second-order valence-corrected chi connectivity index (χ2v) is 11.6. The number of methoxy groups -OCH3 is 1. The maximum atomic E-state index is 13.3. The van der Waals surface area contributed by atoms with Gasteiger partial charge in [-0.2, -0.15) is 0 Å². The summed E-state index contributed by atoms with van der Waals surface area (Å²) in [6, 6.07) is 30.5. The maximum Gasteiger partial charge on any atom is 0.261 e. The number of fused-ring (bicyclic) bond motifs is 3. The average Bonchev–Trinajstić information content (AvgIpc) is 3.47. The van der Waals surface area contributed by atoms with Crippen molar-refractivity contribution in [2.24, 2.45) is 5.92 Å². The maximum absolute atomic E-state index is 13.3. The molecule has 0 bridgehead atoms. The van der Waals surface area contributed by atoms with Crippen molar-refractivity contribution in [3.8, 4) is 11.5 Å². The first-order valence-corrected chi connectivity index (χ1v) is 14.5. The molecule has 1 heterocycles. The fourth-order valence-electron chi connectivity index (χ4n) is 5.52. The van der Waals surface area contributed by atoms with Crippen LogP contribution in [-0.2, 0) is 16.6 Å². The zero-order valence-electron chi connectivity index (χ0n) is 21.6. The third-order valence-corrected chi connectivity index (χ3v) is 8.86. The van der Waals surface area contributed by atoms with Gasteiger partial charge in [0, 0.05) is 22.9 Å². The highest BCUT2D eigenvalue weighted by atomic mass is 32.2. The molecular weight excluding hydrogens is 508 g/mol. The number of rotatable bonds is 8. The van der Waals surface area contributed by atoms with Gasteiger partial charge in [-0.1, -0.05) is 60.7 Å². The number of anilines is 2. The molecule has 6 nitrogen and oxygen atoms in total. The normalized spacial score (nSPS) is 19.5. The van der Waals surface area contributed by atoms with E-state index in [4.69, 9.17) is 9.47 Å². The van der Waals surface area contributed by atoms with Crippen LogP contribution < -0.4 is 19.5 Å². The van der Waals surface area contributed by atoms with Crippen molar-refractivity contribution < 1.29 is 17.9 Å². The number of ether oxygens (including phenoxy) is 2. The van der Waals surface area contributed by atoms with Gasteiger partial charge in [0.25, 0.3) is 10.0 Å². The summed E-state index contributed by atoms with van der Waals surface area (Å²) < 4.78 is 40.7. The average molecular weight is 539 g/mol. The molecule has 3 atom stereocenters. The molecule has 0 fully saturated rings. The molecule has 198 valence electrons. The lowest BCUT2D eigenvalue weighted by Crippen LogP contribution is -2.29. The van der Waals surface area contributed by atoms with Crippen LogP contribution in [0.3, 0.4) is 0 Å². The topological polar surface area (TPSA) is 76.7 Å². The van der Waals surface area contributed by atoms with Gasteiger partial charge < -0.3 is 14.8 Å². The van der Waals surface area contributed by atoms with Gasteiger partial charge in [-0.05, 0) is 72.0 Å². The standard InChI is InChI=1S/C32H30N2O4S/c1-37-24-16-14-23(15-17-24)34-39(35,36)25-18-19-30-29(20-25)26-11-7-12-27(26)32(33-30)28-10-5-6-13-31(28)38-21-22-8-3-2-4-9-22/h2-11,13-20,26-27,32-34H,12,21H2,1H3. The molecule has 0 radical (unpaired) electrons. The van der Waals surface area contributed by atoms with Gasteiger partial charge in [-0.25, -0.2) is 8.42 Å². The summed E-state index contributed by atoms with van der Waals surface area (Å²) in [4.78, 5) is 0.239. The van der Waals surface area contributed by atoms with E-state index >= 15 is 0 Å². The van der Waals surface area contributed by atoms with Crippen molar-refractivity contribution >= 4 is 21.4 Å². The van der Waals surface area contributed by atoms with Crippen LogP contribution in [0.25, 0.3) is 0 Å². The summed E-state index contributed by atoms with van der Waals surface area (Å²) in [6.07, 6.45) is 5.30. The molecule has 1 aliphatic carbocycles. The SMILES string of the molecule is COc1ccc(NS(=O)(=O)c2ccc3c(c2)C2C=CCC2C(c2ccccc2OCc2ccccc2)N3)cc1. The van der Waals surface area contributed by atoms with E-state index < -0.39 is 10.0 Å². The van der Waals surface area contributed by atoms with Gasteiger partial charge in [0.15, 0.2) is 0 Å². The number of allylic oxidation sites excluding steroid dienone is 2. The van der Waals surface area contributed by atoms with Crippen molar-refractivity contribution in [3.63, 3.8) is 0 Å². The molecule has 2 N–H and O–H groups in total. The van der Waals surface area contributed by atoms with Gasteiger partial charge in [0.05, 0.1) is 18.0 Å². The van der Waals surface area contributed by atoms with Crippen LogP contribution in [-0.4, -0.2) is 15.5 Å². The van der Waals surface area contributed by atoms with Crippen LogP contribution >= 0.6 is 0 Å². The molecule has 0 saturated carbocycles. The van der Waals surface area contributed by atoms with Crippen molar-refractivity contribution in [3.05, 3.63) is 126 Å². The molecule has 4 aromatic rings. The minimum atomic E-state index is -3.76. The first-order valence-electron chi connectivity index (χ1n) is 13.0. The predicted molar refractivity (Wildman–Crippen MR) is 154 cm³/mol. The molecular formula is C32H30N2O4S. The van der Waals surface area contributed by atoms with E-state index in [2.05, 4.69) is 40.4 Å². The molecule has 0 spiro atoms. The molecule has 7 heteroatoms. The molecule has 2 aliphatic rings. The summed E-state index contributed by atoms with van der Waals surface area (Å²) in [6.45, 7) is 0.496. The molecule has 4 aromatic carbocycles. The number of benzene rings is 4. The number of nitrogens with one attached hydrogen (secondary N) is 2. The number of sulfonamides is 1. The molecule has 0 amide bonds. The lowest BCUT2D eigenvalue weighted by molar-refractivity contribution is 0.296. The second kappa shape index (κ2) is 10.5. The third-order valence-electron chi connectivity index (χ3n) is 7.48. The Morgan fingerprint density at radius 1 is 0.897 bits per heavy atom. The fraction of sp³-hybridized carbons (Fsp3) is 0.188. The zero-order valence-corrected chi connectivity index (χ0v) is 22.4. The van der Waals surface area contributed by atoms with Gasteiger partial charge in [0.2, 0.25) is 0 Å². The smallest absolute Gasteiger partial charge is 0.261 e. The van der Waals surface area contributed by atoms with Crippen LogP contribution in [0.4, 0.5) is 11.4 Å². The van der Waals surface area contributed by atoms with Crippen molar-refractivity contribution in [2.75, 3.05) is 17.1 Å². The summed E-state index contributed by atoms with van der Waals surface area (Å²) in [7, 11) is -2.19. The Kier molecular flexibility index (Phi) is 6.75.